The van der Waals surface area contributed by atoms with Crippen molar-refractivity contribution in [3.8, 4) is 0 Å². The van der Waals surface area contributed by atoms with Crippen LogP contribution < -0.4 is 5.32 Å². The molecule has 0 atom stereocenters. The van der Waals surface area contributed by atoms with E-state index in [1.807, 2.05) is 6.26 Å². The molecule has 4 nitrogen and oxygen atoms in total. The van der Waals surface area contributed by atoms with Gasteiger partial charge in [-0.1, -0.05) is 0 Å². The molecular weight excluding hydrogens is 238 g/mol. The first-order valence-corrected chi connectivity index (χ1v) is 6.65. The molecule has 0 saturated carbocycles. The number of carboxylic acid groups (broad SMARTS) is 1. The lowest BCUT2D eigenvalue weighted by atomic mass is 10.1. The van der Waals surface area contributed by atoms with E-state index in [1.165, 1.54) is 24.3 Å². The summed E-state index contributed by atoms with van der Waals surface area (Å²) in [5, 5.41) is 11.5. The van der Waals surface area contributed by atoms with Crippen LogP contribution in [-0.2, 0) is 0 Å². The Labute approximate surface area is 104 Å². The minimum atomic E-state index is -0.989. The summed E-state index contributed by atoms with van der Waals surface area (Å²) in [4.78, 5) is 22.2. The predicted molar refractivity (Wildman–Crippen MR) is 68.7 cm³/mol. The van der Waals surface area contributed by atoms with Crippen molar-refractivity contribution in [3.63, 3.8) is 0 Å². The third kappa shape index (κ3) is 4.48. The first-order chi connectivity index (χ1) is 8.15. The maximum Gasteiger partial charge on any atom is 0.335 e. The first-order valence-electron chi connectivity index (χ1n) is 5.25. The van der Waals surface area contributed by atoms with Gasteiger partial charge in [-0.15, -0.1) is 0 Å². The van der Waals surface area contributed by atoms with Gasteiger partial charge >= 0.3 is 5.97 Å². The Bertz CT molecular complexity index is 389. The van der Waals surface area contributed by atoms with Gasteiger partial charge in [-0.2, -0.15) is 11.8 Å². The normalized spacial score (nSPS) is 9.94. The third-order valence-electron chi connectivity index (χ3n) is 2.20. The Morgan fingerprint density at radius 1 is 1.24 bits per heavy atom. The zero-order valence-electron chi connectivity index (χ0n) is 9.60. The van der Waals surface area contributed by atoms with Crippen molar-refractivity contribution in [1.82, 2.24) is 5.32 Å². The van der Waals surface area contributed by atoms with E-state index in [9.17, 15) is 9.59 Å². The Hall–Kier alpha value is -1.49. The minimum absolute atomic E-state index is 0.164. The fourth-order valence-corrected chi connectivity index (χ4v) is 1.72. The first kappa shape index (κ1) is 13.6. The lowest BCUT2D eigenvalue weighted by molar-refractivity contribution is 0.0696. The van der Waals surface area contributed by atoms with E-state index < -0.39 is 5.97 Å². The molecule has 0 bridgehead atoms. The molecule has 1 rings (SSSR count). The molecule has 0 aliphatic carbocycles. The summed E-state index contributed by atoms with van der Waals surface area (Å²) < 4.78 is 0. The topological polar surface area (TPSA) is 66.4 Å². The van der Waals surface area contributed by atoms with Crippen molar-refractivity contribution in [2.75, 3.05) is 18.6 Å². The molecule has 0 unspecified atom stereocenters. The second-order valence-corrected chi connectivity index (χ2v) is 4.47. The van der Waals surface area contributed by atoms with Crippen LogP contribution in [0.4, 0.5) is 0 Å². The number of thioether (sulfide) groups is 1. The van der Waals surface area contributed by atoms with Crippen LogP contribution in [0.3, 0.4) is 0 Å². The lowest BCUT2D eigenvalue weighted by Crippen LogP contribution is -2.24. The molecule has 5 heteroatoms. The standard InChI is InChI=1S/C12H15NO3S/c1-17-8-2-7-13-11(14)9-3-5-10(6-4-9)12(15)16/h3-6H,2,7-8H2,1H3,(H,13,14)(H,15,16). The molecule has 17 heavy (non-hydrogen) atoms. The molecule has 0 aliphatic rings. The minimum Gasteiger partial charge on any atom is -0.478 e. The van der Waals surface area contributed by atoms with Crippen LogP contribution in [0.15, 0.2) is 24.3 Å². The molecule has 0 spiro atoms. The number of carboxylic acids is 1. The Morgan fingerprint density at radius 3 is 2.35 bits per heavy atom. The van der Waals surface area contributed by atoms with E-state index >= 15 is 0 Å². The predicted octanol–water partition coefficient (Wildman–Crippen LogP) is 1.87. The molecule has 1 amide bonds. The van der Waals surface area contributed by atoms with Crippen LogP contribution in [0, 0.1) is 0 Å². The Kier molecular flexibility index (Phi) is 5.56. The van der Waals surface area contributed by atoms with Gasteiger partial charge in [-0.3, -0.25) is 4.79 Å². The number of benzene rings is 1. The van der Waals surface area contributed by atoms with Crippen molar-refractivity contribution in [2.24, 2.45) is 0 Å². The van der Waals surface area contributed by atoms with Gasteiger partial charge in [0.25, 0.3) is 5.91 Å². The van der Waals surface area contributed by atoms with E-state index in [-0.39, 0.29) is 11.5 Å². The summed E-state index contributed by atoms with van der Waals surface area (Å²) in [5.41, 5.74) is 0.670. The van der Waals surface area contributed by atoms with Crippen molar-refractivity contribution in [3.05, 3.63) is 35.4 Å². The number of hydrogen-bond acceptors (Lipinski definition) is 3. The van der Waals surface area contributed by atoms with Crippen molar-refractivity contribution >= 4 is 23.6 Å². The van der Waals surface area contributed by atoms with E-state index in [1.54, 1.807) is 11.8 Å². The second kappa shape index (κ2) is 6.96. The number of aromatic carboxylic acids is 1. The second-order valence-electron chi connectivity index (χ2n) is 3.48. The number of nitrogens with one attached hydrogen (secondary N) is 1. The molecule has 0 fully saturated rings. The average Bonchev–Trinajstić information content (AvgIpc) is 2.34. The molecule has 0 saturated heterocycles. The SMILES string of the molecule is CSCCCNC(=O)c1ccc(C(=O)O)cc1. The molecule has 0 aromatic heterocycles. The molecule has 1 aromatic rings. The van der Waals surface area contributed by atoms with Crippen LogP contribution in [-0.4, -0.2) is 35.5 Å². The van der Waals surface area contributed by atoms with E-state index in [0.717, 1.165) is 12.2 Å². The quantitative estimate of drug-likeness (QED) is 0.759. The van der Waals surface area contributed by atoms with Crippen molar-refractivity contribution < 1.29 is 14.7 Å². The highest BCUT2D eigenvalue weighted by molar-refractivity contribution is 7.98. The van der Waals surface area contributed by atoms with E-state index in [2.05, 4.69) is 5.32 Å². The number of carbonyl (C=O) groups is 2. The smallest absolute Gasteiger partial charge is 0.335 e. The van der Waals surface area contributed by atoms with Crippen molar-refractivity contribution in [2.45, 2.75) is 6.42 Å². The number of hydrogen-bond donors (Lipinski definition) is 2. The zero-order chi connectivity index (χ0) is 12.7. The molecule has 92 valence electrons. The van der Waals surface area contributed by atoms with Gasteiger partial charge in [-0.25, -0.2) is 4.79 Å². The fourth-order valence-electron chi connectivity index (χ4n) is 1.28. The molecule has 1 aromatic carbocycles. The van der Waals surface area contributed by atoms with Gasteiger partial charge in [-0.05, 0) is 42.7 Å². The van der Waals surface area contributed by atoms with Crippen LogP contribution in [0.25, 0.3) is 0 Å². The monoisotopic (exact) mass is 253 g/mol. The number of carbonyl (C=O) groups excluding carboxylic acids is 1. The van der Waals surface area contributed by atoms with Gasteiger partial charge < -0.3 is 10.4 Å². The van der Waals surface area contributed by atoms with E-state index in [4.69, 9.17) is 5.11 Å². The van der Waals surface area contributed by atoms with Crippen LogP contribution in [0.2, 0.25) is 0 Å². The zero-order valence-corrected chi connectivity index (χ0v) is 10.4. The van der Waals surface area contributed by atoms with Gasteiger partial charge in [0, 0.05) is 12.1 Å². The molecule has 0 radical (unpaired) electrons. The fraction of sp³-hybridized carbons (Fsp3) is 0.333. The summed E-state index contributed by atoms with van der Waals surface area (Å²) in [6.07, 6.45) is 2.95. The number of rotatable bonds is 6. The molecule has 2 N–H and O–H groups in total. The maximum atomic E-state index is 11.6. The van der Waals surface area contributed by atoms with Crippen LogP contribution >= 0.6 is 11.8 Å². The van der Waals surface area contributed by atoms with Gasteiger partial charge in [0.2, 0.25) is 0 Å². The summed E-state index contributed by atoms with van der Waals surface area (Å²) in [5.74, 6) is -0.141. The summed E-state index contributed by atoms with van der Waals surface area (Å²) in [6.45, 7) is 0.639. The van der Waals surface area contributed by atoms with Gasteiger partial charge in [0.05, 0.1) is 5.56 Å². The van der Waals surface area contributed by atoms with E-state index in [0.29, 0.717) is 12.1 Å². The van der Waals surface area contributed by atoms with Gasteiger partial charge in [0.15, 0.2) is 0 Å². The number of amides is 1. The van der Waals surface area contributed by atoms with Gasteiger partial charge in [0.1, 0.15) is 0 Å². The Morgan fingerprint density at radius 2 is 1.82 bits per heavy atom. The maximum absolute atomic E-state index is 11.6. The highest BCUT2D eigenvalue weighted by Crippen LogP contribution is 2.04. The van der Waals surface area contributed by atoms with Crippen LogP contribution in [0.1, 0.15) is 27.1 Å². The molecule has 0 heterocycles. The highest BCUT2D eigenvalue weighted by atomic mass is 32.2. The third-order valence-corrected chi connectivity index (χ3v) is 2.90. The average molecular weight is 253 g/mol. The van der Waals surface area contributed by atoms with Crippen LogP contribution in [0.5, 0.6) is 0 Å². The summed E-state index contributed by atoms with van der Waals surface area (Å²) >= 11 is 1.74. The molecule has 0 aliphatic heterocycles. The highest BCUT2D eigenvalue weighted by Gasteiger charge is 2.06. The lowest BCUT2D eigenvalue weighted by Gasteiger charge is -2.04. The molecular formula is C12H15NO3S. The van der Waals surface area contributed by atoms with Crippen molar-refractivity contribution in [1.29, 1.82) is 0 Å². The largest absolute Gasteiger partial charge is 0.478 e. The summed E-state index contributed by atoms with van der Waals surface area (Å²) in [7, 11) is 0. The Balaban J connectivity index is 2.49. The summed E-state index contributed by atoms with van der Waals surface area (Å²) in [6, 6.07) is 5.90.